The molecule has 0 aliphatic rings. The number of halogens is 3. The first kappa shape index (κ1) is 17.4. The van der Waals surface area contributed by atoms with Crippen molar-refractivity contribution in [3.05, 3.63) is 72.7 Å². The Morgan fingerprint density at radius 2 is 1.69 bits per heavy atom. The van der Waals surface area contributed by atoms with Crippen LogP contribution >= 0.6 is 0 Å². The fraction of sp³-hybridized carbons (Fsp3) is 0.0556. The lowest BCUT2D eigenvalue weighted by molar-refractivity contribution is -0.137. The van der Waals surface area contributed by atoms with Crippen LogP contribution in [0.5, 0.6) is 0 Å². The first-order chi connectivity index (χ1) is 12.4. The molecule has 3 rings (SSSR count). The Kier molecular flexibility index (Phi) is 4.83. The number of nitrogens with zero attached hydrogens (tertiary/aromatic N) is 2. The number of alkyl halides is 3. The highest BCUT2D eigenvalue weighted by Crippen LogP contribution is 2.32. The molecule has 0 bridgehead atoms. The third-order valence-corrected chi connectivity index (χ3v) is 3.47. The Labute approximate surface area is 146 Å². The summed E-state index contributed by atoms with van der Waals surface area (Å²) in [6.45, 7) is 0. The molecule has 0 saturated heterocycles. The molecule has 132 valence electrons. The normalized spacial score (nSPS) is 11.0. The standard InChI is InChI=1S/C18H13F3N4O/c19-18(20,21)14-3-1-2-13(10-14)12-4-6-15(7-5-12)24-17(26)25-16-11-22-8-9-23-16/h1-11H,(H2,23,24,25,26). The average molecular weight is 358 g/mol. The number of rotatable bonds is 3. The van der Waals surface area contributed by atoms with Gasteiger partial charge in [0, 0.05) is 18.1 Å². The van der Waals surface area contributed by atoms with Crippen molar-refractivity contribution in [3.63, 3.8) is 0 Å². The summed E-state index contributed by atoms with van der Waals surface area (Å²) in [4.78, 5) is 19.6. The summed E-state index contributed by atoms with van der Waals surface area (Å²) >= 11 is 0. The number of hydrogen-bond donors (Lipinski definition) is 2. The van der Waals surface area contributed by atoms with Crippen LogP contribution in [-0.4, -0.2) is 16.0 Å². The van der Waals surface area contributed by atoms with Gasteiger partial charge in [0.1, 0.15) is 0 Å². The lowest BCUT2D eigenvalue weighted by Crippen LogP contribution is -2.20. The molecule has 0 atom stereocenters. The summed E-state index contributed by atoms with van der Waals surface area (Å²) < 4.78 is 38.4. The Morgan fingerprint density at radius 3 is 2.35 bits per heavy atom. The molecule has 3 aromatic rings. The molecule has 1 heterocycles. The minimum Gasteiger partial charge on any atom is -0.308 e. The van der Waals surface area contributed by atoms with Crippen molar-refractivity contribution in [2.45, 2.75) is 6.18 Å². The molecule has 5 nitrogen and oxygen atoms in total. The van der Waals surface area contributed by atoms with E-state index in [-0.39, 0.29) is 0 Å². The van der Waals surface area contributed by atoms with E-state index in [1.807, 2.05) is 0 Å². The Morgan fingerprint density at radius 1 is 0.923 bits per heavy atom. The van der Waals surface area contributed by atoms with Gasteiger partial charge in [0.25, 0.3) is 0 Å². The monoisotopic (exact) mass is 358 g/mol. The molecule has 0 spiro atoms. The SMILES string of the molecule is O=C(Nc1ccc(-c2cccc(C(F)(F)F)c2)cc1)Nc1cnccn1. The van der Waals surface area contributed by atoms with Crippen molar-refractivity contribution in [1.29, 1.82) is 0 Å². The number of carbonyl (C=O) groups excluding carboxylic acids is 1. The fourth-order valence-electron chi connectivity index (χ4n) is 2.26. The molecular weight excluding hydrogens is 345 g/mol. The predicted molar refractivity (Wildman–Crippen MR) is 91.6 cm³/mol. The van der Waals surface area contributed by atoms with Gasteiger partial charge < -0.3 is 5.32 Å². The second kappa shape index (κ2) is 7.22. The second-order valence-electron chi connectivity index (χ2n) is 5.33. The summed E-state index contributed by atoms with van der Waals surface area (Å²) in [5.41, 5.74) is 0.828. The van der Waals surface area contributed by atoms with Gasteiger partial charge in [0.05, 0.1) is 11.8 Å². The summed E-state index contributed by atoms with van der Waals surface area (Å²) in [6, 6.07) is 11.0. The van der Waals surface area contributed by atoms with Crippen molar-refractivity contribution < 1.29 is 18.0 Å². The molecular formula is C18H13F3N4O. The van der Waals surface area contributed by atoms with Gasteiger partial charge in [-0.25, -0.2) is 9.78 Å². The maximum Gasteiger partial charge on any atom is 0.416 e. The van der Waals surface area contributed by atoms with Crippen molar-refractivity contribution in [2.75, 3.05) is 10.6 Å². The van der Waals surface area contributed by atoms with Crippen molar-refractivity contribution in [2.24, 2.45) is 0 Å². The first-order valence-corrected chi connectivity index (χ1v) is 7.53. The zero-order chi connectivity index (χ0) is 18.6. The molecule has 26 heavy (non-hydrogen) atoms. The van der Waals surface area contributed by atoms with Gasteiger partial charge in [-0.2, -0.15) is 13.2 Å². The van der Waals surface area contributed by atoms with Crippen molar-refractivity contribution in [3.8, 4) is 11.1 Å². The molecule has 2 N–H and O–H groups in total. The van der Waals surface area contributed by atoms with Crippen molar-refractivity contribution >= 4 is 17.5 Å². The van der Waals surface area contributed by atoms with Crippen molar-refractivity contribution in [1.82, 2.24) is 9.97 Å². The van der Waals surface area contributed by atoms with Gasteiger partial charge in [0.15, 0.2) is 5.82 Å². The molecule has 0 unspecified atom stereocenters. The minimum absolute atomic E-state index is 0.297. The predicted octanol–water partition coefficient (Wildman–Crippen LogP) is 4.81. The number of urea groups is 1. The largest absolute Gasteiger partial charge is 0.416 e. The third kappa shape index (κ3) is 4.35. The highest BCUT2D eigenvalue weighted by molar-refractivity contribution is 5.99. The number of hydrogen-bond acceptors (Lipinski definition) is 3. The molecule has 0 radical (unpaired) electrons. The summed E-state index contributed by atoms with van der Waals surface area (Å²) in [5.74, 6) is 0.297. The third-order valence-electron chi connectivity index (χ3n) is 3.47. The molecule has 0 aliphatic heterocycles. The minimum atomic E-state index is -4.39. The number of amides is 2. The van der Waals surface area contributed by atoms with Crippen LogP contribution in [0.1, 0.15) is 5.56 Å². The second-order valence-corrected chi connectivity index (χ2v) is 5.33. The Bertz CT molecular complexity index is 896. The topological polar surface area (TPSA) is 66.9 Å². The van der Waals surface area contributed by atoms with Gasteiger partial charge in [-0.15, -0.1) is 0 Å². The van der Waals surface area contributed by atoms with E-state index >= 15 is 0 Å². The summed E-state index contributed by atoms with van der Waals surface area (Å²) in [6.07, 6.45) is -0.0681. The molecule has 2 aromatic carbocycles. The highest BCUT2D eigenvalue weighted by Gasteiger charge is 2.30. The van der Waals surface area contributed by atoms with Crippen LogP contribution in [-0.2, 0) is 6.18 Å². The van der Waals surface area contributed by atoms with Gasteiger partial charge in [-0.05, 0) is 35.4 Å². The van der Waals surface area contributed by atoms with E-state index in [0.717, 1.165) is 12.1 Å². The quantitative estimate of drug-likeness (QED) is 0.706. The van der Waals surface area contributed by atoms with E-state index < -0.39 is 17.8 Å². The number of nitrogens with one attached hydrogen (secondary N) is 2. The zero-order valence-electron chi connectivity index (χ0n) is 13.3. The Balaban J connectivity index is 1.70. The van der Waals surface area contributed by atoms with Crippen LogP contribution in [0.4, 0.5) is 29.5 Å². The summed E-state index contributed by atoms with van der Waals surface area (Å²) in [5, 5.41) is 5.12. The zero-order valence-corrected chi connectivity index (χ0v) is 13.3. The number of anilines is 2. The lowest BCUT2D eigenvalue weighted by atomic mass is 10.0. The number of benzene rings is 2. The van der Waals surface area contributed by atoms with Gasteiger partial charge in [0.2, 0.25) is 0 Å². The van der Waals surface area contributed by atoms with E-state index in [1.165, 1.54) is 24.7 Å². The smallest absolute Gasteiger partial charge is 0.308 e. The van der Waals surface area contributed by atoms with Crippen LogP contribution in [0.3, 0.4) is 0 Å². The van der Waals surface area contributed by atoms with Crippen LogP contribution in [0.25, 0.3) is 11.1 Å². The molecule has 0 saturated carbocycles. The van der Waals surface area contributed by atoms with Crippen LogP contribution in [0.2, 0.25) is 0 Å². The Hall–Kier alpha value is -3.42. The maximum absolute atomic E-state index is 12.8. The number of carbonyl (C=O) groups is 1. The van der Waals surface area contributed by atoms with E-state index in [4.69, 9.17) is 0 Å². The molecule has 8 heteroatoms. The first-order valence-electron chi connectivity index (χ1n) is 7.53. The molecule has 0 aliphatic carbocycles. The van der Waals surface area contributed by atoms with Gasteiger partial charge in [-0.3, -0.25) is 10.3 Å². The average Bonchev–Trinajstić information content (AvgIpc) is 2.62. The van der Waals surface area contributed by atoms with Gasteiger partial charge >= 0.3 is 12.2 Å². The van der Waals surface area contributed by atoms with E-state index in [1.54, 1.807) is 30.3 Å². The van der Waals surface area contributed by atoms with Crippen LogP contribution in [0, 0.1) is 0 Å². The van der Waals surface area contributed by atoms with E-state index in [9.17, 15) is 18.0 Å². The van der Waals surface area contributed by atoms with Crippen LogP contribution < -0.4 is 10.6 Å². The summed E-state index contributed by atoms with van der Waals surface area (Å²) in [7, 11) is 0. The molecule has 2 amide bonds. The molecule has 1 aromatic heterocycles. The van der Waals surface area contributed by atoms with Crippen LogP contribution in [0.15, 0.2) is 67.1 Å². The molecule has 0 fully saturated rings. The van der Waals surface area contributed by atoms with E-state index in [0.29, 0.717) is 22.6 Å². The fourth-order valence-corrected chi connectivity index (χ4v) is 2.26. The lowest BCUT2D eigenvalue weighted by Gasteiger charge is -2.10. The van der Waals surface area contributed by atoms with E-state index in [2.05, 4.69) is 20.6 Å². The maximum atomic E-state index is 12.8. The van der Waals surface area contributed by atoms with Gasteiger partial charge in [-0.1, -0.05) is 24.3 Å². The number of aromatic nitrogens is 2. The highest BCUT2D eigenvalue weighted by atomic mass is 19.4.